The molecule has 1 N–H and O–H groups in total. The Morgan fingerprint density at radius 3 is 2.45 bits per heavy atom. The van der Waals surface area contributed by atoms with Crippen LogP contribution in [-0.4, -0.2) is 41.6 Å². The summed E-state index contributed by atoms with van der Waals surface area (Å²) in [6.45, 7) is 8.92. The Bertz CT molecular complexity index is 392. The van der Waals surface area contributed by atoms with Crippen molar-refractivity contribution in [2.45, 2.75) is 65.0 Å². The molecule has 2 aliphatic heterocycles. The highest BCUT2D eigenvalue weighted by molar-refractivity contribution is 5.85. The summed E-state index contributed by atoms with van der Waals surface area (Å²) >= 11 is 0. The number of carbonyl (C=O) groups excluding carboxylic acids is 2. The molecule has 0 unspecified atom stereocenters. The molecule has 0 saturated carbocycles. The van der Waals surface area contributed by atoms with E-state index in [0.717, 1.165) is 25.7 Å². The fourth-order valence-electron chi connectivity index (χ4n) is 3.08. The molecule has 1 spiro atoms. The second-order valence-corrected chi connectivity index (χ2v) is 7.03. The summed E-state index contributed by atoms with van der Waals surface area (Å²) in [5, 5.41) is 3.07. The van der Waals surface area contributed by atoms with E-state index in [2.05, 4.69) is 12.2 Å². The fraction of sp³-hybridized carbons (Fsp3) is 0.867. The van der Waals surface area contributed by atoms with Crippen molar-refractivity contribution in [3.63, 3.8) is 0 Å². The normalized spacial score (nSPS) is 25.7. The van der Waals surface area contributed by atoms with E-state index in [1.165, 1.54) is 0 Å². The summed E-state index contributed by atoms with van der Waals surface area (Å²) < 4.78 is 5.38. The van der Waals surface area contributed by atoms with Crippen LogP contribution in [0.4, 0.5) is 4.79 Å². The van der Waals surface area contributed by atoms with Gasteiger partial charge in [0.15, 0.2) is 0 Å². The summed E-state index contributed by atoms with van der Waals surface area (Å²) in [7, 11) is 0. The highest BCUT2D eigenvalue weighted by Crippen LogP contribution is 2.41. The summed E-state index contributed by atoms with van der Waals surface area (Å²) in [5.74, 6) is 0.174. The smallest absolute Gasteiger partial charge is 0.410 e. The van der Waals surface area contributed by atoms with Crippen molar-refractivity contribution in [1.29, 1.82) is 0 Å². The van der Waals surface area contributed by atoms with Crippen LogP contribution in [0.1, 0.15) is 53.4 Å². The van der Waals surface area contributed by atoms with Crippen LogP contribution in [0.2, 0.25) is 0 Å². The third-order valence-electron chi connectivity index (χ3n) is 4.32. The van der Waals surface area contributed by atoms with E-state index in [1.54, 1.807) is 4.90 Å². The van der Waals surface area contributed by atoms with Gasteiger partial charge in [0.2, 0.25) is 5.91 Å². The predicted octanol–water partition coefficient (Wildman–Crippen LogP) is 2.30. The van der Waals surface area contributed by atoms with Gasteiger partial charge in [-0.1, -0.05) is 6.92 Å². The number of hydrogen-bond acceptors (Lipinski definition) is 3. The van der Waals surface area contributed by atoms with Crippen LogP contribution in [-0.2, 0) is 9.53 Å². The zero-order valence-corrected chi connectivity index (χ0v) is 13.0. The second-order valence-electron chi connectivity index (χ2n) is 7.03. The molecule has 2 heterocycles. The van der Waals surface area contributed by atoms with Crippen molar-refractivity contribution in [1.82, 2.24) is 10.2 Å². The third kappa shape index (κ3) is 3.07. The number of nitrogens with zero attached hydrogens (tertiary/aromatic N) is 1. The molecular weight excluding hydrogens is 256 g/mol. The fourth-order valence-corrected chi connectivity index (χ4v) is 3.08. The van der Waals surface area contributed by atoms with Crippen molar-refractivity contribution in [3.05, 3.63) is 0 Å². The van der Waals surface area contributed by atoms with Crippen LogP contribution in [0.5, 0.6) is 0 Å². The van der Waals surface area contributed by atoms with Gasteiger partial charge in [0.05, 0.1) is 5.41 Å². The van der Waals surface area contributed by atoms with Crippen LogP contribution in [0.15, 0.2) is 0 Å². The standard InChI is InChI=1S/C15H26N2O3/c1-5-11-10-15(12(18)16-11)6-8-17(9-7-15)13(19)20-14(2,3)4/h11H,5-10H2,1-4H3,(H,16,18)/t11-/m0/s1. The minimum Gasteiger partial charge on any atom is -0.444 e. The number of ether oxygens (including phenoxy) is 1. The van der Waals surface area contributed by atoms with Crippen LogP contribution in [0.25, 0.3) is 0 Å². The molecule has 0 aromatic carbocycles. The molecule has 114 valence electrons. The Morgan fingerprint density at radius 2 is 2.00 bits per heavy atom. The molecule has 0 aromatic rings. The summed E-state index contributed by atoms with van der Waals surface area (Å²) in [6.07, 6.45) is 3.11. The summed E-state index contributed by atoms with van der Waals surface area (Å²) in [4.78, 5) is 25.9. The molecule has 0 aliphatic carbocycles. The molecule has 5 heteroatoms. The minimum atomic E-state index is -0.468. The van der Waals surface area contributed by atoms with E-state index in [-0.39, 0.29) is 17.4 Å². The van der Waals surface area contributed by atoms with E-state index in [0.29, 0.717) is 19.1 Å². The Labute approximate surface area is 121 Å². The number of amides is 2. The van der Waals surface area contributed by atoms with Gasteiger partial charge in [-0.2, -0.15) is 0 Å². The van der Waals surface area contributed by atoms with Crippen LogP contribution >= 0.6 is 0 Å². The zero-order valence-electron chi connectivity index (χ0n) is 13.0. The molecule has 0 bridgehead atoms. The highest BCUT2D eigenvalue weighted by Gasteiger charge is 2.48. The Balaban J connectivity index is 1.93. The van der Waals surface area contributed by atoms with Gasteiger partial charge in [-0.25, -0.2) is 4.79 Å². The maximum absolute atomic E-state index is 12.2. The molecule has 2 saturated heterocycles. The molecule has 0 radical (unpaired) electrons. The summed E-state index contributed by atoms with van der Waals surface area (Å²) in [6, 6.07) is 0.301. The van der Waals surface area contributed by atoms with E-state index >= 15 is 0 Å². The van der Waals surface area contributed by atoms with Crippen molar-refractivity contribution >= 4 is 12.0 Å². The molecular formula is C15H26N2O3. The quantitative estimate of drug-likeness (QED) is 0.803. The first-order chi connectivity index (χ1) is 9.26. The van der Waals surface area contributed by atoms with E-state index < -0.39 is 5.60 Å². The van der Waals surface area contributed by atoms with E-state index in [1.807, 2.05) is 20.8 Å². The zero-order chi connectivity index (χ0) is 15.0. The lowest BCUT2D eigenvalue weighted by atomic mass is 9.76. The van der Waals surface area contributed by atoms with Gasteiger partial charge in [-0.3, -0.25) is 4.79 Å². The maximum Gasteiger partial charge on any atom is 0.410 e. The topological polar surface area (TPSA) is 58.6 Å². The molecule has 2 rings (SSSR count). The Hall–Kier alpha value is -1.26. The van der Waals surface area contributed by atoms with Gasteiger partial charge in [-0.15, -0.1) is 0 Å². The number of piperidine rings is 1. The highest BCUT2D eigenvalue weighted by atomic mass is 16.6. The molecule has 5 nitrogen and oxygen atoms in total. The number of likely N-dealkylation sites (tertiary alicyclic amines) is 1. The predicted molar refractivity (Wildman–Crippen MR) is 76.3 cm³/mol. The van der Waals surface area contributed by atoms with Gasteiger partial charge >= 0.3 is 6.09 Å². The van der Waals surface area contributed by atoms with Gasteiger partial charge < -0.3 is 15.0 Å². The lowest BCUT2D eigenvalue weighted by molar-refractivity contribution is -0.130. The average molecular weight is 282 g/mol. The first-order valence-electron chi connectivity index (χ1n) is 7.55. The van der Waals surface area contributed by atoms with Gasteiger partial charge in [-0.05, 0) is 46.5 Å². The molecule has 2 amide bonds. The molecule has 2 aliphatic rings. The second kappa shape index (κ2) is 5.26. The Morgan fingerprint density at radius 1 is 1.40 bits per heavy atom. The first-order valence-corrected chi connectivity index (χ1v) is 7.55. The monoisotopic (exact) mass is 282 g/mol. The van der Waals surface area contributed by atoms with E-state index in [4.69, 9.17) is 4.74 Å². The number of nitrogens with one attached hydrogen (secondary N) is 1. The van der Waals surface area contributed by atoms with Gasteiger partial charge in [0, 0.05) is 19.1 Å². The van der Waals surface area contributed by atoms with Crippen LogP contribution in [0.3, 0.4) is 0 Å². The third-order valence-corrected chi connectivity index (χ3v) is 4.32. The molecule has 0 aromatic heterocycles. The van der Waals surface area contributed by atoms with Crippen LogP contribution in [0, 0.1) is 5.41 Å². The van der Waals surface area contributed by atoms with E-state index in [9.17, 15) is 9.59 Å². The number of carbonyl (C=O) groups is 2. The summed E-state index contributed by atoms with van der Waals surface area (Å²) in [5.41, 5.74) is -0.719. The largest absolute Gasteiger partial charge is 0.444 e. The minimum absolute atomic E-state index is 0.174. The van der Waals surface area contributed by atoms with Gasteiger partial charge in [0.25, 0.3) is 0 Å². The maximum atomic E-state index is 12.2. The van der Waals surface area contributed by atoms with Crippen LogP contribution < -0.4 is 5.32 Å². The number of hydrogen-bond donors (Lipinski definition) is 1. The molecule has 2 fully saturated rings. The SMILES string of the molecule is CC[C@H]1CC2(CCN(C(=O)OC(C)(C)C)CC2)C(=O)N1. The first kappa shape index (κ1) is 15.1. The van der Waals surface area contributed by atoms with Crippen molar-refractivity contribution < 1.29 is 14.3 Å². The van der Waals surface area contributed by atoms with Crippen molar-refractivity contribution in [2.24, 2.45) is 5.41 Å². The van der Waals surface area contributed by atoms with Gasteiger partial charge in [0.1, 0.15) is 5.60 Å². The lowest BCUT2D eigenvalue weighted by Gasteiger charge is -2.37. The number of rotatable bonds is 1. The molecule has 1 atom stereocenters. The molecule has 20 heavy (non-hydrogen) atoms. The van der Waals surface area contributed by atoms with Crippen molar-refractivity contribution in [2.75, 3.05) is 13.1 Å². The Kier molecular flexibility index (Phi) is 3.98. The lowest BCUT2D eigenvalue weighted by Crippen LogP contribution is -2.47. The van der Waals surface area contributed by atoms with Crippen molar-refractivity contribution in [3.8, 4) is 0 Å². The average Bonchev–Trinajstić information content (AvgIpc) is 2.65.